The Labute approximate surface area is 185 Å². The summed E-state index contributed by atoms with van der Waals surface area (Å²) in [6.07, 6.45) is 0. The third-order valence-electron chi connectivity index (χ3n) is 3.69. The van der Waals surface area contributed by atoms with Gasteiger partial charge in [0.25, 0.3) is 0 Å². The lowest BCUT2D eigenvalue weighted by atomic mass is 10.3. The summed E-state index contributed by atoms with van der Waals surface area (Å²) in [7, 11) is 0. The minimum atomic E-state index is 0.561. The quantitative estimate of drug-likeness (QED) is 0.516. The maximum absolute atomic E-state index is 5.57. The summed E-state index contributed by atoms with van der Waals surface area (Å²) in [5.74, 6) is 0. The van der Waals surface area contributed by atoms with E-state index in [0.29, 0.717) is 28.4 Å². The first-order chi connectivity index (χ1) is 12.4. The van der Waals surface area contributed by atoms with Gasteiger partial charge in [-0.1, -0.05) is 31.9 Å². The first-order valence-corrected chi connectivity index (χ1v) is 10.5. The van der Waals surface area contributed by atoms with Gasteiger partial charge >= 0.3 is 0 Å². The Hall–Kier alpha value is -1.13. The summed E-state index contributed by atoms with van der Waals surface area (Å²) < 4.78 is 2.03. The molecule has 26 heavy (non-hydrogen) atoms. The van der Waals surface area contributed by atoms with Crippen molar-refractivity contribution < 1.29 is 0 Å². The highest BCUT2D eigenvalue weighted by molar-refractivity contribution is 9.10. The average molecular weight is 530 g/mol. The Kier molecular flexibility index (Phi) is 6.57. The molecule has 0 amide bonds. The molecule has 0 atom stereocenters. The maximum Gasteiger partial charge on any atom is 0.184 e. The third kappa shape index (κ3) is 4.77. The van der Waals surface area contributed by atoms with Crippen molar-refractivity contribution in [2.45, 2.75) is 0 Å². The van der Waals surface area contributed by atoms with Crippen molar-refractivity contribution in [3.63, 3.8) is 0 Å². The second-order valence-corrected chi connectivity index (χ2v) is 8.43. The van der Waals surface area contributed by atoms with Gasteiger partial charge in [-0.3, -0.25) is 9.80 Å². The molecule has 134 valence electrons. The number of benzene rings is 2. The van der Waals surface area contributed by atoms with Crippen molar-refractivity contribution in [2.75, 3.05) is 23.7 Å². The molecule has 0 unspecified atom stereocenters. The molecule has 0 spiro atoms. The van der Waals surface area contributed by atoms with Crippen LogP contribution < -0.4 is 10.6 Å². The van der Waals surface area contributed by atoms with E-state index >= 15 is 0 Å². The predicted octanol–water partition coefficient (Wildman–Crippen LogP) is 5.21. The van der Waals surface area contributed by atoms with Crippen LogP contribution in [0.2, 0.25) is 0 Å². The maximum atomic E-state index is 5.57. The van der Waals surface area contributed by atoms with E-state index in [1.807, 2.05) is 58.3 Å². The SMILES string of the molecule is S=C(Nc1ccc(Br)cc1)N1CCN(C(=S)Nc2ccc(Br)cc2)C1=S. The van der Waals surface area contributed by atoms with E-state index in [9.17, 15) is 0 Å². The number of nitrogens with zero attached hydrogens (tertiary/aromatic N) is 2. The van der Waals surface area contributed by atoms with Gasteiger partial charge in [0.1, 0.15) is 0 Å². The summed E-state index contributed by atoms with van der Waals surface area (Å²) >= 11 is 23.4. The highest BCUT2D eigenvalue weighted by Crippen LogP contribution is 2.19. The molecule has 1 saturated heterocycles. The lowest BCUT2D eigenvalue weighted by Gasteiger charge is -2.23. The Morgan fingerprint density at radius 1 is 0.731 bits per heavy atom. The number of nitrogens with one attached hydrogen (secondary N) is 2. The lowest BCUT2D eigenvalue weighted by Crippen LogP contribution is -2.42. The molecule has 3 rings (SSSR count). The van der Waals surface area contributed by atoms with Crippen LogP contribution >= 0.6 is 68.5 Å². The summed E-state index contributed by atoms with van der Waals surface area (Å²) in [5.41, 5.74) is 1.82. The fraction of sp³-hybridized carbons (Fsp3) is 0.118. The molecule has 1 heterocycles. The lowest BCUT2D eigenvalue weighted by molar-refractivity contribution is 0.660. The second kappa shape index (κ2) is 8.71. The summed E-state index contributed by atoms with van der Waals surface area (Å²) in [6, 6.07) is 15.6. The van der Waals surface area contributed by atoms with Gasteiger partial charge in [0.2, 0.25) is 0 Å². The predicted molar refractivity (Wildman–Crippen MR) is 127 cm³/mol. The molecule has 0 saturated carbocycles. The molecule has 1 aliphatic rings. The van der Waals surface area contributed by atoms with Crippen molar-refractivity contribution >= 4 is 95.2 Å². The Morgan fingerprint density at radius 2 is 1.08 bits per heavy atom. The minimum absolute atomic E-state index is 0.561. The number of rotatable bonds is 2. The van der Waals surface area contributed by atoms with Crippen molar-refractivity contribution in [2.24, 2.45) is 0 Å². The van der Waals surface area contributed by atoms with E-state index in [-0.39, 0.29) is 0 Å². The molecule has 0 aliphatic carbocycles. The molecule has 2 aromatic rings. The van der Waals surface area contributed by atoms with Gasteiger partial charge in [0.05, 0.1) is 0 Å². The molecule has 0 radical (unpaired) electrons. The highest BCUT2D eigenvalue weighted by atomic mass is 79.9. The van der Waals surface area contributed by atoms with Crippen LogP contribution in [0.4, 0.5) is 11.4 Å². The number of thiocarbonyl (C=S) groups is 3. The zero-order valence-corrected chi connectivity index (χ0v) is 19.0. The van der Waals surface area contributed by atoms with E-state index in [0.717, 1.165) is 20.3 Å². The Bertz CT molecular complexity index is 771. The Balaban J connectivity index is 1.61. The number of halogens is 2. The second-order valence-electron chi connectivity index (χ2n) is 5.46. The summed E-state index contributed by atoms with van der Waals surface area (Å²) in [4.78, 5) is 3.75. The molecule has 1 fully saturated rings. The molecule has 9 heteroatoms. The van der Waals surface area contributed by atoms with E-state index in [2.05, 4.69) is 42.5 Å². The first kappa shape index (κ1) is 19.6. The van der Waals surface area contributed by atoms with Crippen LogP contribution in [0.15, 0.2) is 57.5 Å². The third-order valence-corrected chi connectivity index (χ3v) is 5.83. The number of hydrogen-bond acceptors (Lipinski definition) is 3. The standard InChI is InChI=1S/C17H14Br2N4S3/c18-11-1-5-13(6-2-11)20-15(24)22-9-10-23(17(22)26)16(25)21-14-7-3-12(19)4-8-14/h1-8H,9-10H2,(H,20,24)(H,21,25). The van der Waals surface area contributed by atoms with E-state index in [1.165, 1.54) is 0 Å². The van der Waals surface area contributed by atoms with Crippen LogP contribution in [-0.2, 0) is 0 Å². The van der Waals surface area contributed by atoms with Gasteiger partial charge in [-0.25, -0.2) is 0 Å². The summed E-state index contributed by atoms with van der Waals surface area (Å²) in [5, 5.41) is 8.14. The minimum Gasteiger partial charge on any atom is -0.332 e. The van der Waals surface area contributed by atoms with Crippen LogP contribution in [0.3, 0.4) is 0 Å². The molecule has 4 nitrogen and oxygen atoms in total. The fourth-order valence-electron chi connectivity index (χ4n) is 2.36. The van der Waals surface area contributed by atoms with Gasteiger partial charge in [-0.05, 0) is 85.2 Å². The van der Waals surface area contributed by atoms with Gasteiger partial charge in [-0.15, -0.1) is 0 Å². The monoisotopic (exact) mass is 528 g/mol. The smallest absolute Gasteiger partial charge is 0.184 e. The van der Waals surface area contributed by atoms with Crippen molar-refractivity contribution in [1.82, 2.24) is 9.80 Å². The van der Waals surface area contributed by atoms with Gasteiger partial charge in [0.15, 0.2) is 15.3 Å². The topological polar surface area (TPSA) is 30.5 Å². The molecule has 2 aromatic carbocycles. The van der Waals surface area contributed by atoms with Crippen molar-refractivity contribution in [3.05, 3.63) is 57.5 Å². The Morgan fingerprint density at radius 3 is 1.42 bits per heavy atom. The van der Waals surface area contributed by atoms with Gasteiger partial charge in [0, 0.05) is 33.4 Å². The van der Waals surface area contributed by atoms with Crippen LogP contribution in [0.25, 0.3) is 0 Å². The number of anilines is 2. The zero-order valence-electron chi connectivity index (χ0n) is 13.4. The van der Waals surface area contributed by atoms with Crippen LogP contribution in [0, 0.1) is 0 Å². The molecule has 1 aliphatic heterocycles. The molecule has 0 aromatic heterocycles. The van der Waals surface area contributed by atoms with Crippen LogP contribution in [-0.4, -0.2) is 38.2 Å². The molecular weight excluding hydrogens is 516 g/mol. The normalized spacial score (nSPS) is 13.7. The molecular formula is C17H14Br2N4S3. The fourth-order valence-corrected chi connectivity index (χ4v) is 3.96. The highest BCUT2D eigenvalue weighted by Gasteiger charge is 2.30. The largest absolute Gasteiger partial charge is 0.332 e. The van der Waals surface area contributed by atoms with Gasteiger partial charge < -0.3 is 10.6 Å². The summed E-state index contributed by atoms with van der Waals surface area (Å²) in [6.45, 7) is 1.37. The van der Waals surface area contributed by atoms with Crippen LogP contribution in [0.1, 0.15) is 0 Å². The number of hydrogen-bond donors (Lipinski definition) is 2. The average Bonchev–Trinajstić information content (AvgIpc) is 3.00. The van der Waals surface area contributed by atoms with Crippen molar-refractivity contribution in [3.8, 4) is 0 Å². The van der Waals surface area contributed by atoms with Crippen LogP contribution in [0.5, 0.6) is 0 Å². The first-order valence-electron chi connectivity index (χ1n) is 7.66. The van der Waals surface area contributed by atoms with E-state index < -0.39 is 0 Å². The zero-order chi connectivity index (χ0) is 18.7. The van der Waals surface area contributed by atoms with Crippen molar-refractivity contribution in [1.29, 1.82) is 0 Å². The van der Waals surface area contributed by atoms with E-state index in [4.69, 9.17) is 36.7 Å². The molecule has 0 bridgehead atoms. The van der Waals surface area contributed by atoms with Gasteiger partial charge in [-0.2, -0.15) is 0 Å². The van der Waals surface area contributed by atoms with E-state index in [1.54, 1.807) is 0 Å². The molecule has 2 N–H and O–H groups in total.